The molecule has 2 N–H and O–H groups in total. The molecule has 0 saturated carbocycles. The van der Waals surface area contributed by atoms with Gasteiger partial charge in [0.2, 0.25) is 0 Å². The first-order valence-electron chi connectivity index (χ1n) is 5.69. The Labute approximate surface area is 125 Å². The summed E-state index contributed by atoms with van der Waals surface area (Å²) in [5, 5.41) is 5.99. The summed E-state index contributed by atoms with van der Waals surface area (Å²) < 4.78 is 0.985. The quantitative estimate of drug-likeness (QED) is 0.853. The van der Waals surface area contributed by atoms with Gasteiger partial charge in [0.1, 0.15) is 0 Å². The van der Waals surface area contributed by atoms with Crippen LogP contribution in [-0.2, 0) is 6.54 Å². The molecule has 0 atom stereocenters. The van der Waals surface area contributed by atoms with E-state index in [0.717, 1.165) is 10.0 Å². The van der Waals surface area contributed by atoms with Crippen molar-refractivity contribution < 1.29 is 4.79 Å². The molecular weight excluding hydrogens is 328 g/mol. The summed E-state index contributed by atoms with van der Waals surface area (Å²) in [6.45, 7) is 0.454. The number of amides is 2. The number of rotatable bonds is 3. The molecule has 0 saturated heterocycles. The lowest BCUT2D eigenvalue weighted by Crippen LogP contribution is -2.28. The molecule has 0 radical (unpaired) electrons. The molecule has 0 aliphatic rings. The summed E-state index contributed by atoms with van der Waals surface area (Å²) in [4.78, 5) is 11.7. The van der Waals surface area contributed by atoms with Crippen molar-refractivity contribution in [2.45, 2.75) is 6.54 Å². The lowest BCUT2D eigenvalue weighted by molar-refractivity contribution is 0.251. The molecule has 2 amide bonds. The molecule has 0 unspecified atom stereocenters. The fourth-order valence-electron chi connectivity index (χ4n) is 1.56. The molecule has 2 aromatic carbocycles. The molecule has 0 spiro atoms. The molecule has 0 aliphatic carbocycles. The molecule has 0 fully saturated rings. The summed E-state index contributed by atoms with van der Waals surface area (Å²) in [7, 11) is 0. The minimum atomic E-state index is -0.284. The maximum atomic E-state index is 11.7. The second kappa shape index (κ2) is 6.59. The second-order valence-electron chi connectivity index (χ2n) is 3.92. The van der Waals surface area contributed by atoms with Gasteiger partial charge in [0, 0.05) is 11.0 Å². The van der Waals surface area contributed by atoms with Crippen LogP contribution >= 0.6 is 27.5 Å². The van der Waals surface area contributed by atoms with Gasteiger partial charge in [-0.2, -0.15) is 0 Å². The Balaban J connectivity index is 1.90. The molecule has 19 heavy (non-hydrogen) atoms. The molecule has 5 heteroatoms. The van der Waals surface area contributed by atoms with Crippen molar-refractivity contribution in [2.75, 3.05) is 5.32 Å². The number of para-hydroxylation sites is 1. The van der Waals surface area contributed by atoms with E-state index < -0.39 is 0 Å². The van der Waals surface area contributed by atoms with Gasteiger partial charge < -0.3 is 10.6 Å². The summed E-state index contributed by atoms with van der Waals surface area (Å²) >= 11 is 9.34. The van der Waals surface area contributed by atoms with Crippen LogP contribution in [0.1, 0.15) is 5.56 Å². The zero-order chi connectivity index (χ0) is 13.7. The maximum Gasteiger partial charge on any atom is 0.319 e. The first-order valence-corrected chi connectivity index (χ1v) is 6.86. The molecule has 3 nitrogen and oxygen atoms in total. The SMILES string of the molecule is O=C(NCc1cccc(Br)c1)Nc1ccccc1Cl. The molecule has 0 aromatic heterocycles. The van der Waals surface area contributed by atoms with Crippen LogP contribution in [0.25, 0.3) is 0 Å². The average molecular weight is 340 g/mol. The van der Waals surface area contributed by atoms with Crippen molar-refractivity contribution in [1.29, 1.82) is 0 Å². The highest BCUT2D eigenvalue weighted by Crippen LogP contribution is 2.20. The number of anilines is 1. The maximum absolute atomic E-state index is 11.7. The highest BCUT2D eigenvalue weighted by Gasteiger charge is 2.04. The van der Waals surface area contributed by atoms with Crippen LogP contribution in [0.2, 0.25) is 5.02 Å². The van der Waals surface area contributed by atoms with E-state index in [9.17, 15) is 4.79 Å². The molecule has 0 aliphatic heterocycles. The van der Waals surface area contributed by atoms with Crippen LogP contribution in [0.5, 0.6) is 0 Å². The number of benzene rings is 2. The van der Waals surface area contributed by atoms with Crippen LogP contribution in [0, 0.1) is 0 Å². The lowest BCUT2D eigenvalue weighted by Gasteiger charge is -2.09. The summed E-state index contributed by atoms with van der Waals surface area (Å²) in [6.07, 6.45) is 0. The second-order valence-corrected chi connectivity index (χ2v) is 5.24. The van der Waals surface area contributed by atoms with Crippen LogP contribution in [-0.4, -0.2) is 6.03 Å². The highest BCUT2D eigenvalue weighted by atomic mass is 79.9. The number of nitrogens with one attached hydrogen (secondary N) is 2. The van der Waals surface area contributed by atoms with Crippen LogP contribution in [0.15, 0.2) is 53.0 Å². The zero-order valence-corrected chi connectivity index (χ0v) is 12.3. The molecule has 0 heterocycles. The number of halogens is 2. The van der Waals surface area contributed by atoms with Crippen LogP contribution in [0.3, 0.4) is 0 Å². The predicted octanol–water partition coefficient (Wildman–Crippen LogP) is 4.42. The number of hydrogen-bond donors (Lipinski definition) is 2. The van der Waals surface area contributed by atoms with Gasteiger partial charge in [-0.05, 0) is 29.8 Å². The largest absolute Gasteiger partial charge is 0.334 e. The third-order valence-corrected chi connectivity index (χ3v) is 3.29. The minimum Gasteiger partial charge on any atom is -0.334 e. The van der Waals surface area contributed by atoms with Gasteiger partial charge in [0.05, 0.1) is 10.7 Å². The molecule has 2 rings (SSSR count). The van der Waals surface area contributed by atoms with Crippen molar-refractivity contribution in [1.82, 2.24) is 5.32 Å². The topological polar surface area (TPSA) is 41.1 Å². The third-order valence-electron chi connectivity index (χ3n) is 2.46. The van der Waals surface area contributed by atoms with Crippen molar-refractivity contribution in [3.05, 3.63) is 63.6 Å². The summed E-state index contributed by atoms with van der Waals surface area (Å²) in [5.41, 5.74) is 1.61. The van der Waals surface area contributed by atoms with E-state index in [1.165, 1.54) is 0 Å². The van der Waals surface area contributed by atoms with Gasteiger partial charge >= 0.3 is 6.03 Å². The third kappa shape index (κ3) is 4.26. The van der Waals surface area contributed by atoms with E-state index in [1.807, 2.05) is 36.4 Å². The van der Waals surface area contributed by atoms with Gasteiger partial charge in [-0.3, -0.25) is 0 Å². The molecule has 98 valence electrons. The van der Waals surface area contributed by atoms with E-state index >= 15 is 0 Å². The highest BCUT2D eigenvalue weighted by molar-refractivity contribution is 9.10. The Morgan fingerprint density at radius 3 is 2.68 bits per heavy atom. The normalized spacial score (nSPS) is 10.0. The molecular formula is C14H12BrClN2O. The summed E-state index contributed by atoms with van der Waals surface area (Å²) in [6, 6.07) is 14.6. The first-order chi connectivity index (χ1) is 9.15. The minimum absolute atomic E-state index is 0.284. The van der Waals surface area contributed by atoms with Crippen molar-refractivity contribution in [2.24, 2.45) is 0 Å². The fourth-order valence-corrected chi connectivity index (χ4v) is 2.19. The van der Waals surface area contributed by atoms with Gasteiger partial charge in [0.15, 0.2) is 0 Å². The predicted molar refractivity (Wildman–Crippen MR) is 81.5 cm³/mol. The Morgan fingerprint density at radius 2 is 1.95 bits per heavy atom. The number of urea groups is 1. The Morgan fingerprint density at radius 1 is 1.16 bits per heavy atom. The Bertz CT molecular complexity index is 589. The Kier molecular flexibility index (Phi) is 4.82. The first kappa shape index (κ1) is 13.9. The van der Waals surface area contributed by atoms with E-state index in [4.69, 9.17) is 11.6 Å². The summed E-state index contributed by atoms with van der Waals surface area (Å²) in [5.74, 6) is 0. The van der Waals surface area contributed by atoms with E-state index in [0.29, 0.717) is 17.3 Å². The molecule has 2 aromatic rings. The van der Waals surface area contributed by atoms with Gasteiger partial charge in [0.25, 0.3) is 0 Å². The van der Waals surface area contributed by atoms with E-state index in [2.05, 4.69) is 26.6 Å². The number of hydrogen-bond acceptors (Lipinski definition) is 1. The number of carbonyl (C=O) groups excluding carboxylic acids is 1. The van der Waals surface area contributed by atoms with Crippen molar-refractivity contribution in [3.63, 3.8) is 0 Å². The zero-order valence-electron chi connectivity index (χ0n) is 9.99. The van der Waals surface area contributed by atoms with Crippen LogP contribution < -0.4 is 10.6 Å². The lowest BCUT2D eigenvalue weighted by atomic mass is 10.2. The Hall–Kier alpha value is -1.52. The molecule has 0 bridgehead atoms. The number of carbonyl (C=O) groups is 1. The van der Waals surface area contributed by atoms with Crippen LogP contribution in [0.4, 0.5) is 10.5 Å². The average Bonchev–Trinajstić information content (AvgIpc) is 2.39. The van der Waals surface area contributed by atoms with Gasteiger partial charge in [-0.1, -0.05) is 51.8 Å². The van der Waals surface area contributed by atoms with Crippen molar-refractivity contribution >= 4 is 39.2 Å². The standard InChI is InChI=1S/C14H12BrClN2O/c15-11-5-3-4-10(8-11)9-17-14(19)18-13-7-2-1-6-12(13)16/h1-8H,9H2,(H2,17,18,19). The van der Waals surface area contributed by atoms with Gasteiger partial charge in [-0.15, -0.1) is 0 Å². The monoisotopic (exact) mass is 338 g/mol. The van der Waals surface area contributed by atoms with E-state index in [1.54, 1.807) is 12.1 Å². The van der Waals surface area contributed by atoms with Crippen molar-refractivity contribution in [3.8, 4) is 0 Å². The van der Waals surface area contributed by atoms with E-state index in [-0.39, 0.29) is 6.03 Å². The smallest absolute Gasteiger partial charge is 0.319 e. The fraction of sp³-hybridized carbons (Fsp3) is 0.0714. The van der Waals surface area contributed by atoms with Gasteiger partial charge in [-0.25, -0.2) is 4.79 Å².